The van der Waals surface area contributed by atoms with Gasteiger partial charge in [-0.2, -0.15) is 5.10 Å². The summed E-state index contributed by atoms with van der Waals surface area (Å²) in [5.74, 6) is 1.55. The Morgan fingerprint density at radius 1 is 1.27 bits per heavy atom. The molecule has 7 heteroatoms. The summed E-state index contributed by atoms with van der Waals surface area (Å²) in [5, 5.41) is 4.43. The third-order valence-electron chi connectivity index (χ3n) is 5.33. The highest BCUT2D eigenvalue weighted by Crippen LogP contribution is 2.24. The Bertz CT molecular complexity index is 1030. The first-order valence-corrected chi connectivity index (χ1v) is 9.13. The van der Waals surface area contributed by atoms with E-state index >= 15 is 0 Å². The van der Waals surface area contributed by atoms with Crippen LogP contribution in [0, 0.1) is 18.8 Å². The van der Waals surface area contributed by atoms with Crippen molar-refractivity contribution in [3.63, 3.8) is 0 Å². The summed E-state index contributed by atoms with van der Waals surface area (Å²) in [6.45, 7) is 9.39. The molecule has 7 nitrogen and oxygen atoms in total. The molecule has 0 radical (unpaired) electrons. The topological polar surface area (TPSA) is 72.8 Å². The number of rotatable bonds is 2. The van der Waals surface area contributed by atoms with Crippen LogP contribution in [0.1, 0.15) is 39.1 Å². The van der Waals surface area contributed by atoms with Gasteiger partial charge in [-0.05, 0) is 32.1 Å². The van der Waals surface area contributed by atoms with E-state index in [0.29, 0.717) is 28.8 Å². The van der Waals surface area contributed by atoms with Gasteiger partial charge in [-0.25, -0.2) is 4.68 Å². The number of hydrogen-bond donors (Lipinski definition) is 0. The number of fused-ring (bicyclic) bond motifs is 3. The number of aryl methyl sites for hydroxylation is 1. The van der Waals surface area contributed by atoms with Crippen LogP contribution in [0.2, 0.25) is 0 Å². The quantitative estimate of drug-likeness (QED) is 0.707. The van der Waals surface area contributed by atoms with Gasteiger partial charge in [0.25, 0.3) is 5.56 Å². The van der Waals surface area contributed by atoms with Crippen molar-refractivity contribution in [2.24, 2.45) is 11.8 Å². The number of likely N-dealkylation sites (tertiary alicyclic amines) is 1. The van der Waals surface area contributed by atoms with Gasteiger partial charge >= 0.3 is 0 Å². The maximum absolute atomic E-state index is 13.0. The summed E-state index contributed by atoms with van der Waals surface area (Å²) in [5.41, 5.74) is 1.65. The van der Waals surface area contributed by atoms with E-state index in [2.05, 4.69) is 18.9 Å². The third-order valence-corrected chi connectivity index (χ3v) is 5.33. The number of furan rings is 1. The van der Waals surface area contributed by atoms with Gasteiger partial charge in [0.2, 0.25) is 5.91 Å². The number of carbonyl (C=O) groups is 1. The standard InChI is InChI=1S/C19H24N4O3/c1-11-7-12(2)10-21(9-11)18(24)13(3)23-19(25)16-8-17-15(5-6-26-17)22(16)14(4)20-23/h5-6,8,11-13H,7,9-10H2,1-4H3/t11-,12-,13+/m0/s1. The first kappa shape index (κ1) is 16.9. The van der Waals surface area contributed by atoms with Crippen LogP contribution in [-0.4, -0.2) is 38.1 Å². The van der Waals surface area contributed by atoms with Gasteiger partial charge in [0.15, 0.2) is 5.58 Å². The van der Waals surface area contributed by atoms with Crippen molar-refractivity contribution in [1.82, 2.24) is 19.1 Å². The lowest BCUT2D eigenvalue weighted by molar-refractivity contribution is -0.137. The molecule has 0 saturated carbocycles. The molecule has 4 rings (SSSR count). The maximum Gasteiger partial charge on any atom is 0.291 e. The summed E-state index contributed by atoms with van der Waals surface area (Å²) >= 11 is 0. The van der Waals surface area contributed by atoms with Gasteiger partial charge in [-0.1, -0.05) is 13.8 Å². The fraction of sp³-hybridized carbons (Fsp3) is 0.526. The molecule has 1 aliphatic rings. The monoisotopic (exact) mass is 356 g/mol. The molecule has 0 bridgehead atoms. The van der Waals surface area contributed by atoms with E-state index in [9.17, 15) is 9.59 Å². The zero-order valence-corrected chi connectivity index (χ0v) is 15.6. The summed E-state index contributed by atoms with van der Waals surface area (Å²) in [6.07, 6.45) is 2.72. The molecule has 0 spiro atoms. The van der Waals surface area contributed by atoms with E-state index in [0.717, 1.165) is 25.0 Å². The molecule has 3 aromatic heterocycles. The fourth-order valence-corrected chi connectivity index (χ4v) is 4.27. The lowest BCUT2D eigenvalue weighted by atomic mass is 9.91. The van der Waals surface area contributed by atoms with Crippen LogP contribution in [0.15, 0.2) is 27.6 Å². The van der Waals surface area contributed by atoms with Crippen LogP contribution in [0.25, 0.3) is 16.6 Å². The molecular weight excluding hydrogens is 332 g/mol. The first-order chi connectivity index (χ1) is 12.4. The molecule has 0 unspecified atom stereocenters. The second-order valence-corrected chi connectivity index (χ2v) is 7.70. The van der Waals surface area contributed by atoms with Crippen molar-refractivity contribution in [2.75, 3.05) is 13.1 Å². The van der Waals surface area contributed by atoms with Crippen molar-refractivity contribution in [2.45, 2.75) is 40.2 Å². The maximum atomic E-state index is 13.0. The summed E-state index contributed by atoms with van der Waals surface area (Å²) < 4.78 is 8.50. The van der Waals surface area contributed by atoms with Gasteiger partial charge < -0.3 is 9.32 Å². The van der Waals surface area contributed by atoms with E-state index in [4.69, 9.17) is 4.42 Å². The molecule has 1 saturated heterocycles. The number of amides is 1. The number of nitrogens with zero attached hydrogens (tertiary/aromatic N) is 4. The predicted molar refractivity (Wildman–Crippen MR) is 98.2 cm³/mol. The van der Waals surface area contributed by atoms with E-state index in [1.54, 1.807) is 23.7 Å². The van der Waals surface area contributed by atoms with Crippen molar-refractivity contribution < 1.29 is 9.21 Å². The van der Waals surface area contributed by atoms with Crippen molar-refractivity contribution in [3.8, 4) is 0 Å². The van der Waals surface area contributed by atoms with E-state index < -0.39 is 6.04 Å². The molecule has 3 aromatic rings. The SMILES string of the molecule is Cc1nn([C@H](C)C(=O)N2C[C@@H](C)C[C@H](C)C2)c(=O)c2cc3occc3n12. The Labute approximate surface area is 151 Å². The molecule has 1 amide bonds. The van der Waals surface area contributed by atoms with E-state index in [1.807, 2.05) is 17.9 Å². The van der Waals surface area contributed by atoms with Crippen LogP contribution >= 0.6 is 0 Å². The van der Waals surface area contributed by atoms with Crippen LogP contribution in [-0.2, 0) is 4.79 Å². The molecule has 26 heavy (non-hydrogen) atoms. The molecule has 4 heterocycles. The van der Waals surface area contributed by atoms with Crippen molar-refractivity contribution >= 4 is 22.5 Å². The van der Waals surface area contributed by atoms with Crippen LogP contribution in [0.3, 0.4) is 0 Å². The van der Waals surface area contributed by atoms with Crippen LogP contribution < -0.4 is 5.56 Å². The highest BCUT2D eigenvalue weighted by Gasteiger charge is 2.30. The second-order valence-electron chi connectivity index (χ2n) is 7.70. The summed E-state index contributed by atoms with van der Waals surface area (Å²) in [7, 11) is 0. The highest BCUT2D eigenvalue weighted by atomic mass is 16.3. The van der Waals surface area contributed by atoms with Crippen molar-refractivity contribution in [1.29, 1.82) is 0 Å². The second kappa shape index (κ2) is 6.00. The minimum atomic E-state index is -0.634. The largest absolute Gasteiger partial charge is 0.463 e. The average Bonchev–Trinajstić information content (AvgIpc) is 3.17. The average molecular weight is 356 g/mol. The molecule has 0 aliphatic carbocycles. The normalized spacial score (nSPS) is 22.2. The summed E-state index contributed by atoms with van der Waals surface area (Å²) in [4.78, 5) is 27.9. The molecular formula is C19H24N4O3. The van der Waals surface area contributed by atoms with Crippen LogP contribution in [0.4, 0.5) is 0 Å². The summed E-state index contributed by atoms with van der Waals surface area (Å²) in [6, 6.07) is 2.89. The van der Waals surface area contributed by atoms with Gasteiger partial charge in [-0.3, -0.25) is 14.0 Å². The lowest BCUT2D eigenvalue weighted by Gasteiger charge is -2.36. The van der Waals surface area contributed by atoms with E-state index in [-0.39, 0.29) is 11.5 Å². The molecule has 0 aromatic carbocycles. The Hall–Kier alpha value is -2.57. The van der Waals surface area contributed by atoms with Gasteiger partial charge in [0, 0.05) is 25.2 Å². The first-order valence-electron chi connectivity index (χ1n) is 9.13. The zero-order chi connectivity index (χ0) is 18.6. The predicted octanol–water partition coefficient (Wildman–Crippen LogP) is 2.62. The molecule has 3 atom stereocenters. The van der Waals surface area contributed by atoms with Crippen LogP contribution in [0.5, 0.6) is 0 Å². The van der Waals surface area contributed by atoms with Gasteiger partial charge in [-0.15, -0.1) is 0 Å². The highest BCUT2D eigenvalue weighted by molar-refractivity contribution is 5.83. The minimum absolute atomic E-state index is 0.0445. The van der Waals surface area contributed by atoms with Gasteiger partial charge in [0.05, 0.1) is 11.8 Å². The Kier molecular flexibility index (Phi) is 3.89. The molecule has 138 valence electrons. The number of piperidine rings is 1. The third kappa shape index (κ3) is 2.53. The number of carbonyl (C=O) groups excluding carboxylic acids is 1. The Morgan fingerprint density at radius 2 is 1.96 bits per heavy atom. The molecule has 0 N–H and O–H groups in total. The number of aromatic nitrogens is 3. The van der Waals surface area contributed by atoms with Crippen molar-refractivity contribution in [3.05, 3.63) is 34.6 Å². The lowest BCUT2D eigenvalue weighted by Crippen LogP contribution is -2.47. The Balaban J connectivity index is 1.75. The Morgan fingerprint density at radius 3 is 2.65 bits per heavy atom. The fourth-order valence-electron chi connectivity index (χ4n) is 4.27. The van der Waals surface area contributed by atoms with Gasteiger partial charge in [0.1, 0.15) is 17.4 Å². The minimum Gasteiger partial charge on any atom is -0.463 e. The number of hydrogen-bond acceptors (Lipinski definition) is 4. The van der Waals surface area contributed by atoms with E-state index in [1.165, 1.54) is 4.68 Å². The molecule has 1 fully saturated rings. The molecule has 1 aliphatic heterocycles. The zero-order valence-electron chi connectivity index (χ0n) is 15.6. The smallest absolute Gasteiger partial charge is 0.291 e.